The van der Waals surface area contributed by atoms with Crippen LogP contribution in [0.4, 0.5) is 5.69 Å². The van der Waals surface area contributed by atoms with E-state index in [1.165, 1.54) is 0 Å². The average Bonchev–Trinajstić information content (AvgIpc) is 2.85. The summed E-state index contributed by atoms with van der Waals surface area (Å²) in [6.45, 7) is 2.53. The third-order valence-electron chi connectivity index (χ3n) is 4.41. The number of hydrogen-bond acceptors (Lipinski definition) is 5. The maximum atomic E-state index is 12.7. The molecule has 0 aromatic heterocycles. The van der Waals surface area contributed by atoms with E-state index in [1.54, 1.807) is 35.9 Å². The SMILES string of the molecule is COc1ccc(CC(=O)OCC(=O)N2CC[C@@H](C)Sc3ccccc32)cc1. The van der Waals surface area contributed by atoms with Crippen molar-refractivity contribution in [1.29, 1.82) is 0 Å². The number of amides is 1. The van der Waals surface area contributed by atoms with Crippen LogP contribution in [0.1, 0.15) is 18.9 Å². The van der Waals surface area contributed by atoms with Crippen LogP contribution in [0.25, 0.3) is 0 Å². The summed E-state index contributed by atoms with van der Waals surface area (Å²) in [4.78, 5) is 27.6. The van der Waals surface area contributed by atoms with Crippen LogP contribution in [0.2, 0.25) is 0 Å². The number of ether oxygens (including phenoxy) is 2. The largest absolute Gasteiger partial charge is 0.497 e. The highest BCUT2D eigenvalue weighted by Gasteiger charge is 2.24. The minimum atomic E-state index is -0.417. The van der Waals surface area contributed by atoms with Gasteiger partial charge < -0.3 is 14.4 Å². The van der Waals surface area contributed by atoms with Crippen molar-refractivity contribution >= 4 is 29.3 Å². The number of carbonyl (C=O) groups excluding carboxylic acids is 2. The van der Waals surface area contributed by atoms with Gasteiger partial charge in [0.1, 0.15) is 5.75 Å². The van der Waals surface area contributed by atoms with Crippen LogP contribution in [0.15, 0.2) is 53.4 Å². The number of nitrogens with zero attached hydrogens (tertiary/aromatic N) is 1. The lowest BCUT2D eigenvalue weighted by Gasteiger charge is -2.22. The summed E-state index contributed by atoms with van der Waals surface area (Å²) in [7, 11) is 1.59. The lowest BCUT2D eigenvalue weighted by molar-refractivity contribution is -0.147. The van der Waals surface area contributed by atoms with Crippen LogP contribution in [0, 0.1) is 0 Å². The van der Waals surface area contributed by atoms with Crippen molar-refractivity contribution in [1.82, 2.24) is 0 Å². The lowest BCUT2D eigenvalue weighted by atomic mass is 10.1. The zero-order valence-electron chi connectivity index (χ0n) is 15.5. The molecule has 0 saturated heterocycles. The normalized spacial score (nSPS) is 16.2. The van der Waals surface area contributed by atoms with Crippen LogP contribution in [-0.2, 0) is 20.7 Å². The summed E-state index contributed by atoms with van der Waals surface area (Å²) in [5.74, 6) is 0.119. The van der Waals surface area contributed by atoms with Crippen LogP contribution < -0.4 is 9.64 Å². The topological polar surface area (TPSA) is 55.8 Å². The number of methoxy groups -OCH3 is 1. The fourth-order valence-corrected chi connectivity index (χ4v) is 4.04. The molecule has 0 N–H and O–H groups in total. The summed E-state index contributed by atoms with van der Waals surface area (Å²) in [5.41, 5.74) is 1.71. The van der Waals surface area contributed by atoms with Gasteiger partial charge in [-0.15, -0.1) is 11.8 Å². The Morgan fingerprint density at radius 3 is 2.63 bits per heavy atom. The Hall–Kier alpha value is -2.47. The van der Waals surface area contributed by atoms with E-state index in [4.69, 9.17) is 9.47 Å². The molecule has 1 aliphatic heterocycles. The van der Waals surface area contributed by atoms with Crippen LogP contribution in [-0.4, -0.2) is 37.4 Å². The standard InChI is InChI=1S/C21H23NO4S/c1-15-11-12-22(18-5-3-4-6-19(18)27-15)20(23)14-26-21(24)13-16-7-9-17(25-2)10-8-16/h3-10,15H,11-14H2,1-2H3/t15-/m1/s1. The second-order valence-electron chi connectivity index (χ2n) is 6.42. The van der Waals surface area contributed by atoms with Gasteiger partial charge in [-0.1, -0.05) is 31.2 Å². The molecule has 0 radical (unpaired) electrons. The van der Waals surface area contributed by atoms with Gasteiger partial charge in [0.05, 0.1) is 19.2 Å². The fraction of sp³-hybridized carbons (Fsp3) is 0.333. The summed E-state index contributed by atoms with van der Waals surface area (Å²) in [5, 5.41) is 0.432. The Morgan fingerprint density at radius 1 is 1.15 bits per heavy atom. The van der Waals surface area contributed by atoms with Crippen molar-refractivity contribution in [3.8, 4) is 5.75 Å². The molecule has 5 nitrogen and oxygen atoms in total. The van der Waals surface area contributed by atoms with Crippen molar-refractivity contribution in [2.75, 3.05) is 25.2 Å². The number of para-hydroxylation sites is 1. The first-order valence-electron chi connectivity index (χ1n) is 8.91. The Balaban J connectivity index is 1.59. The Kier molecular flexibility index (Phi) is 6.40. The number of esters is 1. The zero-order valence-corrected chi connectivity index (χ0v) is 16.3. The number of benzene rings is 2. The predicted octanol–water partition coefficient (Wildman–Crippen LogP) is 3.70. The summed E-state index contributed by atoms with van der Waals surface area (Å²) in [6.07, 6.45) is 1.02. The molecule has 3 rings (SSSR count). The molecular formula is C21H23NO4S. The predicted molar refractivity (Wildman–Crippen MR) is 106 cm³/mol. The van der Waals surface area contributed by atoms with Gasteiger partial charge in [-0.05, 0) is 36.2 Å². The van der Waals surface area contributed by atoms with Crippen molar-refractivity contribution in [2.45, 2.75) is 29.9 Å². The first-order chi connectivity index (χ1) is 13.1. The maximum absolute atomic E-state index is 12.7. The van der Waals surface area contributed by atoms with Gasteiger partial charge in [0.25, 0.3) is 5.91 Å². The minimum absolute atomic E-state index is 0.126. The zero-order chi connectivity index (χ0) is 19.2. The second kappa shape index (κ2) is 8.95. The van der Waals surface area contributed by atoms with E-state index in [9.17, 15) is 9.59 Å². The molecule has 2 aromatic carbocycles. The fourth-order valence-electron chi connectivity index (χ4n) is 2.93. The van der Waals surface area contributed by atoms with Crippen LogP contribution >= 0.6 is 11.8 Å². The molecule has 0 saturated carbocycles. The highest BCUT2D eigenvalue weighted by molar-refractivity contribution is 8.00. The number of rotatable bonds is 5. The molecule has 0 spiro atoms. The number of thioether (sulfide) groups is 1. The highest BCUT2D eigenvalue weighted by Crippen LogP contribution is 2.37. The molecule has 1 heterocycles. The van der Waals surface area contributed by atoms with E-state index in [-0.39, 0.29) is 18.9 Å². The Labute approximate surface area is 163 Å². The molecule has 1 atom stereocenters. The molecule has 142 valence electrons. The van der Waals surface area contributed by atoms with Crippen molar-refractivity contribution < 1.29 is 19.1 Å². The number of carbonyl (C=O) groups is 2. The summed E-state index contributed by atoms with van der Waals surface area (Å²) >= 11 is 1.77. The molecule has 0 unspecified atom stereocenters. The third kappa shape index (κ3) is 5.04. The molecule has 0 fully saturated rings. The molecule has 6 heteroatoms. The maximum Gasteiger partial charge on any atom is 0.310 e. The lowest BCUT2D eigenvalue weighted by Crippen LogP contribution is -2.36. The van der Waals surface area contributed by atoms with Crippen molar-refractivity contribution in [3.05, 3.63) is 54.1 Å². The van der Waals surface area contributed by atoms with E-state index in [0.717, 1.165) is 28.3 Å². The number of anilines is 1. The van der Waals surface area contributed by atoms with E-state index in [1.807, 2.05) is 36.4 Å². The minimum Gasteiger partial charge on any atom is -0.497 e. The molecule has 0 aliphatic carbocycles. The second-order valence-corrected chi connectivity index (χ2v) is 7.90. The summed E-state index contributed by atoms with van der Waals surface area (Å²) in [6, 6.07) is 15.1. The Morgan fingerprint density at radius 2 is 1.89 bits per heavy atom. The molecule has 1 aliphatic rings. The molecule has 2 aromatic rings. The number of hydrogen-bond donors (Lipinski definition) is 0. The van der Waals surface area contributed by atoms with E-state index in [0.29, 0.717) is 11.8 Å². The molecule has 1 amide bonds. The smallest absolute Gasteiger partial charge is 0.310 e. The van der Waals surface area contributed by atoms with Gasteiger partial charge in [-0.25, -0.2) is 0 Å². The third-order valence-corrected chi connectivity index (χ3v) is 5.65. The monoisotopic (exact) mass is 385 g/mol. The van der Waals surface area contributed by atoms with E-state index in [2.05, 4.69) is 6.92 Å². The van der Waals surface area contributed by atoms with Crippen molar-refractivity contribution in [2.24, 2.45) is 0 Å². The van der Waals surface area contributed by atoms with Gasteiger partial charge in [0.2, 0.25) is 0 Å². The molecule has 27 heavy (non-hydrogen) atoms. The van der Waals surface area contributed by atoms with E-state index >= 15 is 0 Å². The number of fused-ring (bicyclic) bond motifs is 1. The average molecular weight is 385 g/mol. The van der Waals surface area contributed by atoms with Gasteiger partial charge in [-0.3, -0.25) is 9.59 Å². The molecular weight excluding hydrogens is 362 g/mol. The van der Waals surface area contributed by atoms with Crippen LogP contribution in [0.3, 0.4) is 0 Å². The van der Waals surface area contributed by atoms with Crippen LogP contribution in [0.5, 0.6) is 5.75 Å². The van der Waals surface area contributed by atoms with Gasteiger partial charge in [0, 0.05) is 16.7 Å². The van der Waals surface area contributed by atoms with Crippen molar-refractivity contribution in [3.63, 3.8) is 0 Å². The quantitative estimate of drug-likeness (QED) is 0.735. The first kappa shape index (κ1) is 19.3. The summed E-state index contributed by atoms with van der Waals surface area (Å²) < 4.78 is 10.3. The van der Waals surface area contributed by atoms with Gasteiger partial charge in [-0.2, -0.15) is 0 Å². The van der Waals surface area contributed by atoms with Gasteiger partial charge >= 0.3 is 5.97 Å². The van der Waals surface area contributed by atoms with E-state index < -0.39 is 5.97 Å². The van der Waals surface area contributed by atoms with Gasteiger partial charge in [0.15, 0.2) is 6.61 Å². The Bertz CT molecular complexity index is 806. The molecule has 0 bridgehead atoms. The first-order valence-corrected chi connectivity index (χ1v) is 9.79. The highest BCUT2D eigenvalue weighted by atomic mass is 32.2.